The monoisotopic (exact) mass is 234 g/mol. The molecule has 1 heterocycles. The van der Waals surface area contributed by atoms with Crippen molar-refractivity contribution in [1.82, 2.24) is 4.98 Å². The van der Waals surface area contributed by atoms with E-state index in [-0.39, 0.29) is 5.82 Å². The maximum absolute atomic E-state index is 10.4. The van der Waals surface area contributed by atoms with Gasteiger partial charge in [0.05, 0.1) is 0 Å². The predicted molar refractivity (Wildman–Crippen MR) is 61.3 cm³/mol. The van der Waals surface area contributed by atoms with Gasteiger partial charge in [-0.1, -0.05) is 23.7 Å². The third kappa shape index (κ3) is 2.17. The van der Waals surface area contributed by atoms with Crippen molar-refractivity contribution in [2.75, 3.05) is 0 Å². The van der Waals surface area contributed by atoms with Gasteiger partial charge in [-0.05, 0) is 33.7 Å². The minimum absolute atomic E-state index is 0.161. The van der Waals surface area contributed by atoms with Gasteiger partial charge in [-0.25, -0.2) is 0 Å². The Bertz CT molecular complexity index is 526. The van der Waals surface area contributed by atoms with E-state index in [1.807, 2.05) is 12.1 Å². The Kier molecular flexibility index (Phi) is 2.83. The Morgan fingerprint density at radius 2 is 2.00 bits per heavy atom. The first kappa shape index (κ1) is 10.6. The first-order chi connectivity index (χ1) is 7.66. The molecule has 0 spiro atoms. The van der Waals surface area contributed by atoms with Crippen LogP contribution in [0.25, 0.3) is 11.1 Å². The van der Waals surface area contributed by atoms with Crippen molar-refractivity contribution in [3.05, 3.63) is 57.7 Å². The molecular weight excluding hydrogens is 228 g/mol. The molecule has 0 aliphatic heterocycles. The third-order valence-electron chi connectivity index (χ3n) is 2.09. The number of hydrogen-bond donors (Lipinski definition) is 0. The zero-order chi connectivity index (χ0) is 11.5. The van der Waals surface area contributed by atoms with E-state index in [0.717, 1.165) is 11.1 Å². The Morgan fingerprint density at radius 1 is 1.19 bits per heavy atom. The van der Waals surface area contributed by atoms with Crippen LogP contribution in [0, 0.1) is 10.1 Å². The number of rotatable bonds is 2. The summed E-state index contributed by atoms with van der Waals surface area (Å²) in [6, 6.07) is 10.3. The molecule has 1 aromatic heterocycles. The molecule has 0 saturated carbocycles. The van der Waals surface area contributed by atoms with Crippen molar-refractivity contribution in [2.24, 2.45) is 0 Å². The quantitative estimate of drug-likeness (QED) is 0.592. The van der Waals surface area contributed by atoms with E-state index in [4.69, 9.17) is 11.6 Å². The molecule has 4 nitrogen and oxygen atoms in total. The second-order valence-corrected chi connectivity index (χ2v) is 3.61. The molecule has 0 amide bonds. The predicted octanol–water partition coefficient (Wildman–Crippen LogP) is 3.31. The smallest absolute Gasteiger partial charge is 0.358 e. The Morgan fingerprint density at radius 3 is 2.56 bits per heavy atom. The molecule has 0 radical (unpaired) electrons. The average molecular weight is 235 g/mol. The minimum atomic E-state index is -0.526. The Balaban J connectivity index is 2.38. The fourth-order valence-corrected chi connectivity index (χ4v) is 1.52. The average Bonchev–Trinajstić information content (AvgIpc) is 2.29. The first-order valence-corrected chi connectivity index (χ1v) is 4.91. The number of halogens is 1. The van der Waals surface area contributed by atoms with E-state index in [0.29, 0.717) is 5.02 Å². The molecule has 1 aromatic carbocycles. The topological polar surface area (TPSA) is 56.0 Å². The highest BCUT2D eigenvalue weighted by Gasteiger charge is 2.07. The summed E-state index contributed by atoms with van der Waals surface area (Å²) in [6.45, 7) is 0. The number of pyridine rings is 1. The van der Waals surface area contributed by atoms with E-state index in [2.05, 4.69) is 4.98 Å². The molecule has 16 heavy (non-hydrogen) atoms. The van der Waals surface area contributed by atoms with Crippen LogP contribution >= 0.6 is 11.6 Å². The van der Waals surface area contributed by atoms with Gasteiger partial charge in [-0.3, -0.25) is 0 Å². The summed E-state index contributed by atoms with van der Waals surface area (Å²) in [5, 5.41) is 11.0. The zero-order valence-corrected chi connectivity index (χ0v) is 8.89. The van der Waals surface area contributed by atoms with E-state index < -0.39 is 4.92 Å². The lowest BCUT2D eigenvalue weighted by atomic mass is 10.1. The molecule has 2 aromatic rings. The zero-order valence-electron chi connectivity index (χ0n) is 8.13. The first-order valence-electron chi connectivity index (χ1n) is 4.53. The number of aromatic nitrogens is 1. The van der Waals surface area contributed by atoms with Crippen LogP contribution < -0.4 is 0 Å². The lowest BCUT2D eigenvalue weighted by molar-refractivity contribution is -0.389. The molecule has 0 fully saturated rings. The van der Waals surface area contributed by atoms with Crippen molar-refractivity contribution in [2.45, 2.75) is 0 Å². The second kappa shape index (κ2) is 4.28. The molecular formula is C11H7ClN2O2. The van der Waals surface area contributed by atoms with Crippen LogP contribution in [0.4, 0.5) is 5.82 Å². The SMILES string of the molecule is O=[N+]([O-])c1ccc(-c2cccc(Cl)c2)cn1. The van der Waals surface area contributed by atoms with Crippen molar-refractivity contribution in [3.63, 3.8) is 0 Å². The van der Waals surface area contributed by atoms with Crippen LogP contribution in [-0.4, -0.2) is 9.91 Å². The summed E-state index contributed by atoms with van der Waals surface area (Å²) >= 11 is 5.85. The third-order valence-corrected chi connectivity index (χ3v) is 2.33. The van der Waals surface area contributed by atoms with Crippen LogP contribution in [-0.2, 0) is 0 Å². The van der Waals surface area contributed by atoms with E-state index in [9.17, 15) is 10.1 Å². The minimum Gasteiger partial charge on any atom is -0.358 e. The molecule has 0 unspecified atom stereocenters. The van der Waals surface area contributed by atoms with Crippen LogP contribution in [0.3, 0.4) is 0 Å². The van der Waals surface area contributed by atoms with Crippen molar-refractivity contribution >= 4 is 17.4 Å². The molecule has 2 rings (SSSR count). The lowest BCUT2D eigenvalue weighted by Gasteiger charge is -1.99. The fraction of sp³-hybridized carbons (Fsp3) is 0. The summed E-state index contributed by atoms with van der Waals surface area (Å²) in [7, 11) is 0. The molecule has 0 saturated heterocycles. The molecule has 0 N–H and O–H groups in total. The van der Waals surface area contributed by atoms with Gasteiger partial charge < -0.3 is 10.1 Å². The van der Waals surface area contributed by atoms with Gasteiger partial charge in [0.25, 0.3) is 0 Å². The van der Waals surface area contributed by atoms with Crippen LogP contribution in [0.15, 0.2) is 42.6 Å². The number of nitro groups is 1. The van der Waals surface area contributed by atoms with Crippen molar-refractivity contribution < 1.29 is 4.92 Å². The normalized spacial score (nSPS) is 10.1. The lowest BCUT2D eigenvalue weighted by Crippen LogP contribution is -1.91. The number of benzene rings is 1. The summed E-state index contributed by atoms with van der Waals surface area (Å²) in [5.41, 5.74) is 1.68. The van der Waals surface area contributed by atoms with Crippen LogP contribution in [0.1, 0.15) is 0 Å². The Labute approximate surface area is 96.7 Å². The highest BCUT2D eigenvalue weighted by molar-refractivity contribution is 6.30. The maximum atomic E-state index is 10.4. The second-order valence-electron chi connectivity index (χ2n) is 3.17. The molecule has 0 bridgehead atoms. The van der Waals surface area contributed by atoms with E-state index >= 15 is 0 Å². The van der Waals surface area contributed by atoms with Gasteiger partial charge >= 0.3 is 5.82 Å². The summed E-state index contributed by atoms with van der Waals surface area (Å²) in [4.78, 5) is 13.6. The molecule has 0 aliphatic rings. The summed E-state index contributed by atoms with van der Waals surface area (Å²) in [5.74, 6) is -0.161. The van der Waals surface area contributed by atoms with Gasteiger partial charge in [0.1, 0.15) is 6.20 Å². The van der Waals surface area contributed by atoms with Gasteiger partial charge in [0, 0.05) is 16.7 Å². The van der Waals surface area contributed by atoms with Gasteiger partial charge in [0.2, 0.25) is 0 Å². The van der Waals surface area contributed by atoms with E-state index in [1.165, 1.54) is 12.3 Å². The molecule has 0 atom stereocenters. The Hall–Kier alpha value is -1.94. The maximum Gasteiger partial charge on any atom is 0.363 e. The van der Waals surface area contributed by atoms with Gasteiger partial charge in [-0.15, -0.1) is 0 Å². The summed E-state index contributed by atoms with van der Waals surface area (Å²) < 4.78 is 0. The van der Waals surface area contributed by atoms with Crippen LogP contribution in [0.5, 0.6) is 0 Å². The highest BCUT2D eigenvalue weighted by Crippen LogP contribution is 2.22. The summed E-state index contributed by atoms with van der Waals surface area (Å²) in [6.07, 6.45) is 1.46. The molecule has 5 heteroatoms. The van der Waals surface area contributed by atoms with Crippen molar-refractivity contribution in [1.29, 1.82) is 0 Å². The highest BCUT2D eigenvalue weighted by atomic mass is 35.5. The molecule has 0 aliphatic carbocycles. The van der Waals surface area contributed by atoms with E-state index in [1.54, 1.807) is 18.2 Å². The van der Waals surface area contributed by atoms with Crippen LogP contribution in [0.2, 0.25) is 5.02 Å². The number of hydrogen-bond acceptors (Lipinski definition) is 3. The fourth-order valence-electron chi connectivity index (χ4n) is 1.33. The van der Waals surface area contributed by atoms with Gasteiger partial charge in [0.15, 0.2) is 0 Å². The van der Waals surface area contributed by atoms with Crippen molar-refractivity contribution in [3.8, 4) is 11.1 Å². The standard InChI is InChI=1S/C11H7ClN2O2/c12-10-3-1-2-8(6-10)9-4-5-11(13-7-9)14(15)16/h1-7H. The molecule has 80 valence electrons. The van der Waals surface area contributed by atoms with Gasteiger partial charge in [-0.2, -0.15) is 0 Å². The number of nitrogens with zero attached hydrogens (tertiary/aromatic N) is 2. The largest absolute Gasteiger partial charge is 0.363 e.